The van der Waals surface area contributed by atoms with Crippen molar-refractivity contribution in [3.8, 4) is 0 Å². The third-order valence-corrected chi connectivity index (χ3v) is 1.15. The van der Waals surface area contributed by atoms with Gasteiger partial charge in [0.1, 0.15) is 0 Å². The largest absolute Gasteiger partial charge is 0.0625 e. The zero-order valence-corrected chi connectivity index (χ0v) is 5.98. The minimum absolute atomic E-state index is 0.596. The molecule has 0 fully saturated rings. The van der Waals surface area contributed by atoms with E-state index in [2.05, 4.69) is 27.7 Å². The van der Waals surface area contributed by atoms with Crippen molar-refractivity contribution in [3.63, 3.8) is 0 Å². The SMILES string of the molecule is [CH2]C(C)CCC([CH2])C. The van der Waals surface area contributed by atoms with Crippen LogP contribution >= 0.6 is 0 Å². The lowest BCUT2D eigenvalue weighted by atomic mass is 10.0. The molecular weight excluding hydrogens is 96.1 g/mol. The van der Waals surface area contributed by atoms with Crippen molar-refractivity contribution in [2.24, 2.45) is 11.8 Å². The lowest BCUT2D eigenvalue weighted by Crippen LogP contribution is -1.92. The van der Waals surface area contributed by atoms with E-state index in [0.717, 1.165) is 0 Å². The highest BCUT2D eigenvalue weighted by Crippen LogP contribution is 2.09. The topological polar surface area (TPSA) is 0 Å². The molecule has 0 amide bonds. The Labute approximate surface area is 53.3 Å². The number of hydrogen-bond acceptors (Lipinski definition) is 0. The van der Waals surface area contributed by atoms with E-state index in [9.17, 15) is 0 Å². The highest BCUT2D eigenvalue weighted by atomic mass is 14.0. The summed E-state index contributed by atoms with van der Waals surface area (Å²) in [6, 6.07) is 0. The third-order valence-electron chi connectivity index (χ3n) is 1.15. The monoisotopic (exact) mass is 112 g/mol. The van der Waals surface area contributed by atoms with Crippen molar-refractivity contribution in [1.82, 2.24) is 0 Å². The molecule has 0 saturated carbocycles. The molecule has 0 heterocycles. The predicted octanol–water partition coefficient (Wildman–Crippen LogP) is 2.71. The van der Waals surface area contributed by atoms with Crippen LogP contribution in [-0.4, -0.2) is 0 Å². The second-order valence-corrected chi connectivity index (χ2v) is 2.79. The van der Waals surface area contributed by atoms with Gasteiger partial charge in [0.25, 0.3) is 0 Å². The van der Waals surface area contributed by atoms with Crippen LogP contribution in [0.1, 0.15) is 26.7 Å². The number of rotatable bonds is 3. The molecule has 2 atom stereocenters. The van der Waals surface area contributed by atoms with E-state index in [4.69, 9.17) is 0 Å². The highest BCUT2D eigenvalue weighted by molar-refractivity contribution is 4.59. The molecule has 0 saturated heterocycles. The van der Waals surface area contributed by atoms with Gasteiger partial charge in [0.2, 0.25) is 0 Å². The summed E-state index contributed by atoms with van der Waals surface area (Å²) >= 11 is 0. The lowest BCUT2D eigenvalue weighted by molar-refractivity contribution is 0.531. The molecule has 0 N–H and O–H groups in total. The van der Waals surface area contributed by atoms with Gasteiger partial charge in [0.05, 0.1) is 0 Å². The van der Waals surface area contributed by atoms with Crippen LogP contribution < -0.4 is 0 Å². The summed E-state index contributed by atoms with van der Waals surface area (Å²) in [5.41, 5.74) is 0. The summed E-state index contributed by atoms with van der Waals surface area (Å²) in [5, 5.41) is 0. The molecule has 0 aromatic rings. The van der Waals surface area contributed by atoms with Crippen LogP contribution in [0.25, 0.3) is 0 Å². The fourth-order valence-corrected chi connectivity index (χ4v) is 0.569. The van der Waals surface area contributed by atoms with Crippen molar-refractivity contribution in [2.75, 3.05) is 0 Å². The maximum atomic E-state index is 3.88. The van der Waals surface area contributed by atoms with Gasteiger partial charge >= 0.3 is 0 Å². The summed E-state index contributed by atoms with van der Waals surface area (Å²) in [7, 11) is 0. The second kappa shape index (κ2) is 3.94. The highest BCUT2D eigenvalue weighted by Gasteiger charge is 1.96. The standard InChI is InChI=1S/C8H16/c1-7(2)5-6-8(3)4/h7-8H,1,3,5-6H2,2,4H3. The molecule has 0 aliphatic heterocycles. The Morgan fingerprint density at radius 1 is 1.00 bits per heavy atom. The van der Waals surface area contributed by atoms with E-state index < -0.39 is 0 Å². The molecule has 2 unspecified atom stereocenters. The predicted molar refractivity (Wildman–Crippen MR) is 38.3 cm³/mol. The van der Waals surface area contributed by atoms with E-state index in [0.29, 0.717) is 11.8 Å². The van der Waals surface area contributed by atoms with E-state index in [1.54, 1.807) is 0 Å². The van der Waals surface area contributed by atoms with Gasteiger partial charge in [0.15, 0.2) is 0 Å². The van der Waals surface area contributed by atoms with E-state index in [1.165, 1.54) is 12.8 Å². The normalized spacial score (nSPS) is 11.2. The van der Waals surface area contributed by atoms with Crippen molar-refractivity contribution in [1.29, 1.82) is 0 Å². The van der Waals surface area contributed by atoms with Gasteiger partial charge in [-0.15, -0.1) is 0 Å². The molecule has 0 bridgehead atoms. The Balaban J connectivity index is 2.93. The first kappa shape index (κ1) is 8.00. The minimum atomic E-state index is 0.596. The van der Waals surface area contributed by atoms with E-state index in [1.807, 2.05) is 0 Å². The smallest absolute Gasteiger partial charge is 0.0443 e. The first-order valence-electron chi connectivity index (χ1n) is 3.29. The van der Waals surface area contributed by atoms with Crippen LogP contribution in [0, 0.1) is 25.7 Å². The lowest BCUT2D eigenvalue weighted by Gasteiger charge is -2.05. The third kappa shape index (κ3) is 6.00. The zero-order chi connectivity index (χ0) is 6.57. The molecule has 0 heteroatoms. The molecule has 0 spiro atoms. The summed E-state index contributed by atoms with van der Waals surface area (Å²) in [5.74, 6) is 1.19. The van der Waals surface area contributed by atoms with Crippen molar-refractivity contribution in [2.45, 2.75) is 26.7 Å². The van der Waals surface area contributed by atoms with Crippen LogP contribution in [0.2, 0.25) is 0 Å². The first-order valence-corrected chi connectivity index (χ1v) is 3.29. The van der Waals surface area contributed by atoms with Crippen LogP contribution in [0.15, 0.2) is 0 Å². The van der Waals surface area contributed by atoms with Crippen LogP contribution in [0.4, 0.5) is 0 Å². The Kier molecular flexibility index (Phi) is 3.94. The maximum Gasteiger partial charge on any atom is -0.0443 e. The Bertz CT molecular complexity index is 36.0. The molecule has 0 rings (SSSR count). The molecule has 0 aromatic carbocycles. The van der Waals surface area contributed by atoms with Crippen LogP contribution in [-0.2, 0) is 0 Å². The summed E-state index contributed by atoms with van der Waals surface area (Å²) in [6.07, 6.45) is 2.43. The summed E-state index contributed by atoms with van der Waals surface area (Å²) in [6.45, 7) is 12.0. The zero-order valence-electron chi connectivity index (χ0n) is 5.98. The van der Waals surface area contributed by atoms with E-state index in [-0.39, 0.29) is 0 Å². The Morgan fingerprint density at radius 2 is 1.25 bits per heavy atom. The van der Waals surface area contributed by atoms with Gasteiger partial charge in [-0.2, -0.15) is 0 Å². The molecule has 0 aromatic heterocycles. The first-order chi connectivity index (χ1) is 3.63. The van der Waals surface area contributed by atoms with Gasteiger partial charge in [-0.05, 0) is 11.8 Å². The van der Waals surface area contributed by atoms with Gasteiger partial charge in [-0.3, -0.25) is 0 Å². The van der Waals surface area contributed by atoms with Crippen molar-refractivity contribution in [3.05, 3.63) is 13.8 Å². The van der Waals surface area contributed by atoms with E-state index >= 15 is 0 Å². The molecule has 0 aliphatic rings. The fraction of sp³-hybridized carbons (Fsp3) is 0.750. The van der Waals surface area contributed by atoms with Crippen LogP contribution in [0.5, 0.6) is 0 Å². The Morgan fingerprint density at radius 3 is 1.38 bits per heavy atom. The van der Waals surface area contributed by atoms with Crippen molar-refractivity contribution >= 4 is 0 Å². The number of hydrogen-bond donors (Lipinski definition) is 0. The average Bonchev–Trinajstić information content (AvgIpc) is 1.61. The molecular formula is C8H16. The Hall–Kier alpha value is 0. The molecule has 2 radical (unpaired) electrons. The molecule has 48 valence electrons. The van der Waals surface area contributed by atoms with Gasteiger partial charge < -0.3 is 0 Å². The maximum absolute atomic E-state index is 3.88. The van der Waals surface area contributed by atoms with Crippen molar-refractivity contribution < 1.29 is 0 Å². The van der Waals surface area contributed by atoms with Gasteiger partial charge in [-0.1, -0.05) is 40.5 Å². The molecule has 8 heavy (non-hydrogen) atoms. The summed E-state index contributed by atoms with van der Waals surface area (Å²) < 4.78 is 0. The minimum Gasteiger partial charge on any atom is -0.0625 e. The van der Waals surface area contributed by atoms with Gasteiger partial charge in [-0.25, -0.2) is 0 Å². The summed E-state index contributed by atoms with van der Waals surface area (Å²) in [4.78, 5) is 0. The molecule has 0 aliphatic carbocycles. The fourth-order valence-electron chi connectivity index (χ4n) is 0.569. The second-order valence-electron chi connectivity index (χ2n) is 2.79. The average molecular weight is 112 g/mol. The molecule has 0 nitrogen and oxygen atoms in total. The quantitative estimate of drug-likeness (QED) is 0.526. The van der Waals surface area contributed by atoms with Crippen LogP contribution in [0.3, 0.4) is 0 Å². The van der Waals surface area contributed by atoms with Gasteiger partial charge in [0, 0.05) is 0 Å².